The predicted octanol–water partition coefficient (Wildman–Crippen LogP) is 7.19. The maximum atomic E-state index is 13.5. The first-order valence-corrected chi connectivity index (χ1v) is 14.3. The van der Waals surface area contributed by atoms with Crippen LogP contribution in [0.15, 0.2) is 78.4 Å². The van der Waals surface area contributed by atoms with Crippen molar-refractivity contribution in [2.24, 2.45) is 0 Å². The van der Waals surface area contributed by atoms with Crippen LogP contribution in [0.1, 0.15) is 30.0 Å². The zero-order valence-corrected chi connectivity index (χ0v) is 25.0. The summed E-state index contributed by atoms with van der Waals surface area (Å²) in [5.74, 6) is -0.377. The van der Waals surface area contributed by atoms with E-state index in [2.05, 4.69) is 5.32 Å². The molecule has 10 heteroatoms. The Morgan fingerprint density at radius 3 is 2.49 bits per heavy atom. The molecule has 1 aliphatic rings. The average Bonchev–Trinajstić information content (AvgIpc) is 3.00. The summed E-state index contributed by atoms with van der Waals surface area (Å²) in [6.07, 6.45) is 2.15. The topological polar surface area (TPSA) is 94.2 Å². The molecule has 43 heavy (non-hydrogen) atoms. The first-order chi connectivity index (χ1) is 20.8. The van der Waals surface area contributed by atoms with Crippen molar-refractivity contribution < 1.29 is 28.6 Å². The molecule has 0 atom stereocenters. The normalized spacial score (nSPS) is 14.3. The van der Waals surface area contributed by atoms with Crippen LogP contribution in [0.4, 0.5) is 4.79 Å². The van der Waals surface area contributed by atoms with Gasteiger partial charge in [-0.05, 0) is 58.7 Å². The Balaban J connectivity index is 1.43. The monoisotopic (exact) mass is 618 g/mol. The Morgan fingerprint density at radius 1 is 0.907 bits per heavy atom. The highest BCUT2D eigenvalue weighted by atomic mass is 35.5. The van der Waals surface area contributed by atoms with Gasteiger partial charge in [0.2, 0.25) is 0 Å². The van der Waals surface area contributed by atoms with Gasteiger partial charge in [0.15, 0.2) is 11.5 Å². The van der Waals surface area contributed by atoms with Gasteiger partial charge in [-0.2, -0.15) is 0 Å². The van der Waals surface area contributed by atoms with E-state index in [1.54, 1.807) is 24.3 Å². The number of carbonyl (C=O) groups is 3. The minimum absolute atomic E-state index is 0.111. The quantitative estimate of drug-likeness (QED) is 0.149. The number of urea groups is 1. The minimum atomic E-state index is -0.844. The summed E-state index contributed by atoms with van der Waals surface area (Å²) in [5, 5.41) is 4.80. The third kappa shape index (κ3) is 6.61. The summed E-state index contributed by atoms with van der Waals surface area (Å²) in [7, 11) is 1.51. The number of hydrogen-bond donors (Lipinski definition) is 1. The highest BCUT2D eigenvalue weighted by Gasteiger charge is 2.36. The lowest BCUT2D eigenvalue weighted by Gasteiger charge is -2.27. The van der Waals surface area contributed by atoms with Crippen molar-refractivity contribution in [2.75, 3.05) is 13.7 Å². The van der Waals surface area contributed by atoms with E-state index in [0.29, 0.717) is 29.2 Å². The number of amides is 4. The number of fused-ring (bicyclic) bond motifs is 1. The average molecular weight is 620 g/mol. The number of methoxy groups -OCH3 is 1. The third-order valence-electron chi connectivity index (χ3n) is 6.81. The van der Waals surface area contributed by atoms with Gasteiger partial charge in [-0.25, -0.2) is 4.79 Å². The van der Waals surface area contributed by atoms with Crippen molar-refractivity contribution in [3.8, 4) is 17.2 Å². The maximum absolute atomic E-state index is 13.5. The molecule has 220 valence electrons. The van der Waals surface area contributed by atoms with Crippen LogP contribution in [0.3, 0.4) is 0 Å². The summed E-state index contributed by atoms with van der Waals surface area (Å²) in [6, 6.07) is 21.1. The Labute approximate surface area is 258 Å². The third-order valence-corrected chi connectivity index (χ3v) is 7.30. The number of nitrogens with one attached hydrogen (secondary N) is 1. The van der Waals surface area contributed by atoms with Crippen LogP contribution in [0.5, 0.6) is 17.2 Å². The lowest BCUT2D eigenvalue weighted by atomic mass is 10.0. The van der Waals surface area contributed by atoms with Gasteiger partial charge in [0.25, 0.3) is 11.8 Å². The molecule has 4 aromatic rings. The Bertz CT molecular complexity index is 1750. The molecule has 1 N–H and O–H groups in total. The van der Waals surface area contributed by atoms with Crippen molar-refractivity contribution in [2.45, 2.75) is 26.5 Å². The molecule has 0 unspecified atom stereocenters. The summed E-state index contributed by atoms with van der Waals surface area (Å²) in [5.41, 5.74) is 1.56. The standard InChI is InChI=1S/C33H28Cl2N2O6/c1-3-13-42-28-12-11-20(14-29(28)41-2)18-37-32(39)26(31(38)36-33(37)40)16-23-15-24(34)17-27(35)30(23)43-19-22-9-6-8-21-7-4-5-10-25(21)22/h4-12,14-17H,3,13,18-19H2,1-2H3,(H,36,38,40)/b26-16+. The van der Waals surface area contributed by atoms with Crippen LogP contribution in [0.2, 0.25) is 10.0 Å². The predicted molar refractivity (Wildman–Crippen MR) is 166 cm³/mol. The smallest absolute Gasteiger partial charge is 0.331 e. The second-order valence-electron chi connectivity index (χ2n) is 9.78. The van der Waals surface area contributed by atoms with Gasteiger partial charge in [-0.15, -0.1) is 0 Å². The number of benzene rings is 4. The number of imide groups is 2. The molecular weight excluding hydrogens is 591 g/mol. The Morgan fingerprint density at radius 2 is 1.70 bits per heavy atom. The number of rotatable bonds is 10. The van der Waals surface area contributed by atoms with E-state index in [1.165, 1.54) is 19.3 Å². The molecule has 8 nitrogen and oxygen atoms in total. The van der Waals surface area contributed by atoms with Gasteiger partial charge in [-0.3, -0.25) is 19.8 Å². The van der Waals surface area contributed by atoms with Crippen molar-refractivity contribution in [3.05, 3.63) is 105 Å². The van der Waals surface area contributed by atoms with E-state index in [0.717, 1.165) is 27.7 Å². The Hall–Kier alpha value is -4.53. The molecule has 0 bridgehead atoms. The summed E-state index contributed by atoms with van der Waals surface area (Å²) < 4.78 is 17.3. The van der Waals surface area contributed by atoms with Crippen molar-refractivity contribution >= 4 is 57.9 Å². The van der Waals surface area contributed by atoms with Crippen LogP contribution in [-0.4, -0.2) is 36.5 Å². The number of nitrogens with zero attached hydrogens (tertiary/aromatic N) is 1. The van der Waals surface area contributed by atoms with Crippen molar-refractivity contribution in [3.63, 3.8) is 0 Å². The molecule has 0 aliphatic carbocycles. The SMILES string of the molecule is CCCOc1ccc(CN2C(=O)NC(=O)/C(=C\c3cc(Cl)cc(Cl)c3OCc3cccc4ccccc34)C2=O)cc1OC. The van der Waals surface area contributed by atoms with Crippen molar-refractivity contribution in [1.29, 1.82) is 0 Å². The van der Waals surface area contributed by atoms with Gasteiger partial charge in [0.1, 0.15) is 17.9 Å². The van der Waals surface area contributed by atoms with Gasteiger partial charge in [0.05, 0.1) is 25.3 Å². The van der Waals surface area contributed by atoms with Gasteiger partial charge in [-0.1, -0.05) is 78.7 Å². The van der Waals surface area contributed by atoms with E-state index < -0.39 is 17.8 Å². The highest BCUT2D eigenvalue weighted by Crippen LogP contribution is 2.36. The molecule has 0 saturated carbocycles. The highest BCUT2D eigenvalue weighted by molar-refractivity contribution is 6.36. The van der Waals surface area contributed by atoms with Crippen molar-refractivity contribution in [1.82, 2.24) is 10.2 Å². The molecule has 1 heterocycles. The molecule has 1 saturated heterocycles. The molecule has 1 fully saturated rings. The van der Waals surface area contributed by atoms with Gasteiger partial charge in [0, 0.05) is 10.6 Å². The number of barbiturate groups is 1. The van der Waals surface area contributed by atoms with Crippen LogP contribution in [0, 0.1) is 0 Å². The zero-order valence-electron chi connectivity index (χ0n) is 23.5. The molecular formula is C33H28Cl2N2O6. The lowest BCUT2D eigenvalue weighted by molar-refractivity contribution is -0.130. The molecule has 1 aliphatic heterocycles. The number of carbonyl (C=O) groups excluding carboxylic acids is 3. The number of hydrogen-bond acceptors (Lipinski definition) is 6. The fourth-order valence-electron chi connectivity index (χ4n) is 4.73. The molecule has 0 aromatic heterocycles. The molecule has 0 spiro atoms. The number of halogens is 2. The van der Waals surface area contributed by atoms with Gasteiger partial charge >= 0.3 is 6.03 Å². The largest absolute Gasteiger partial charge is 0.493 e. The van der Waals surface area contributed by atoms with E-state index in [1.807, 2.05) is 49.4 Å². The fraction of sp³-hybridized carbons (Fsp3) is 0.182. The minimum Gasteiger partial charge on any atom is -0.493 e. The summed E-state index contributed by atoms with van der Waals surface area (Å²) >= 11 is 12.8. The van der Waals surface area contributed by atoms with E-state index in [4.69, 9.17) is 37.4 Å². The van der Waals surface area contributed by atoms with Crippen LogP contribution in [0.25, 0.3) is 16.8 Å². The summed E-state index contributed by atoms with van der Waals surface area (Å²) in [4.78, 5) is 40.1. The van der Waals surface area contributed by atoms with Crippen LogP contribution < -0.4 is 19.5 Å². The van der Waals surface area contributed by atoms with E-state index >= 15 is 0 Å². The maximum Gasteiger partial charge on any atom is 0.331 e. The molecule has 4 aromatic carbocycles. The lowest BCUT2D eigenvalue weighted by Crippen LogP contribution is -2.53. The van der Waals surface area contributed by atoms with E-state index in [-0.39, 0.29) is 34.5 Å². The zero-order chi connectivity index (χ0) is 30.5. The molecule has 5 rings (SSSR count). The first kappa shape index (κ1) is 29.9. The summed E-state index contributed by atoms with van der Waals surface area (Å²) in [6.45, 7) is 2.56. The first-order valence-electron chi connectivity index (χ1n) is 13.6. The van der Waals surface area contributed by atoms with Crippen LogP contribution >= 0.6 is 23.2 Å². The second-order valence-corrected chi connectivity index (χ2v) is 10.6. The van der Waals surface area contributed by atoms with Crippen LogP contribution in [-0.2, 0) is 22.7 Å². The fourth-order valence-corrected chi connectivity index (χ4v) is 5.29. The second kappa shape index (κ2) is 13.2. The Kier molecular flexibility index (Phi) is 9.19. The van der Waals surface area contributed by atoms with Gasteiger partial charge < -0.3 is 14.2 Å². The number of ether oxygens (including phenoxy) is 3. The molecule has 4 amide bonds. The molecule has 0 radical (unpaired) electrons. The van der Waals surface area contributed by atoms with E-state index in [9.17, 15) is 14.4 Å².